The number of anilines is 1. The van der Waals surface area contributed by atoms with E-state index >= 15 is 0 Å². The predicted octanol–water partition coefficient (Wildman–Crippen LogP) is 3.97. The number of imide groups is 1. The van der Waals surface area contributed by atoms with Gasteiger partial charge in [-0.05, 0) is 42.3 Å². The Kier molecular flexibility index (Phi) is 5.91. The van der Waals surface area contributed by atoms with Crippen molar-refractivity contribution in [3.05, 3.63) is 102 Å². The maximum Gasteiger partial charge on any atom is 0.325 e. The highest BCUT2D eigenvalue weighted by Gasteiger charge is 2.50. The van der Waals surface area contributed by atoms with Gasteiger partial charge in [0.05, 0.1) is 6.54 Å². The number of benzene rings is 3. The molecule has 4 amide bonds. The van der Waals surface area contributed by atoms with Gasteiger partial charge in [0.2, 0.25) is 5.91 Å². The number of hydrogen-bond donors (Lipinski definition) is 1. The van der Waals surface area contributed by atoms with Crippen LogP contribution in [0.2, 0.25) is 0 Å². The van der Waals surface area contributed by atoms with E-state index in [0.717, 1.165) is 22.6 Å². The van der Waals surface area contributed by atoms with E-state index in [1.165, 1.54) is 17.9 Å². The lowest BCUT2D eigenvalue weighted by Gasteiger charge is -2.26. The number of nitrogens with zero attached hydrogens (tertiary/aromatic N) is 2. The molecule has 168 valence electrons. The van der Waals surface area contributed by atoms with Crippen LogP contribution in [0.5, 0.6) is 0 Å². The van der Waals surface area contributed by atoms with Crippen LogP contribution in [0.1, 0.15) is 18.1 Å². The Morgan fingerprint density at radius 1 is 0.939 bits per heavy atom. The van der Waals surface area contributed by atoms with Crippen LogP contribution in [0.15, 0.2) is 78.9 Å². The van der Waals surface area contributed by atoms with Crippen LogP contribution in [0.3, 0.4) is 0 Å². The van der Waals surface area contributed by atoms with Crippen molar-refractivity contribution in [1.29, 1.82) is 0 Å². The molecule has 33 heavy (non-hydrogen) atoms. The maximum atomic E-state index is 13.8. The van der Waals surface area contributed by atoms with Gasteiger partial charge in [-0.3, -0.25) is 14.5 Å². The lowest BCUT2D eigenvalue weighted by molar-refractivity contribution is -0.134. The van der Waals surface area contributed by atoms with E-state index in [-0.39, 0.29) is 12.1 Å². The largest absolute Gasteiger partial charge is 0.325 e. The topological polar surface area (TPSA) is 69.7 Å². The highest BCUT2D eigenvalue weighted by Crippen LogP contribution is 2.30. The van der Waals surface area contributed by atoms with Crippen LogP contribution in [-0.2, 0) is 21.7 Å². The number of hydrogen-bond acceptors (Lipinski definition) is 3. The van der Waals surface area contributed by atoms with Gasteiger partial charge in [0.25, 0.3) is 5.91 Å². The van der Waals surface area contributed by atoms with Gasteiger partial charge in [-0.1, -0.05) is 54.6 Å². The predicted molar refractivity (Wildman–Crippen MR) is 118 cm³/mol. The second-order valence-electron chi connectivity index (χ2n) is 7.88. The average Bonchev–Trinajstić information content (AvgIpc) is 3.04. The minimum absolute atomic E-state index is 0.0823. The molecule has 0 spiro atoms. The van der Waals surface area contributed by atoms with Crippen LogP contribution in [-0.4, -0.2) is 29.3 Å². The summed E-state index contributed by atoms with van der Waals surface area (Å²) < 4.78 is 27.1. The van der Waals surface area contributed by atoms with Gasteiger partial charge in [-0.25, -0.2) is 13.6 Å². The van der Waals surface area contributed by atoms with E-state index < -0.39 is 41.6 Å². The van der Waals surface area contributed by atoms with E-state index in [1.54, 1.807) is 24.3 Å². The highest BCUT2D eigenvalue weighted by molar-refractivity contribution is 6.10. The molecule has 0 bridgehead atoms. The van der Waals surface area contributed by atoms with Gasteiger partial charge in [-0.2, -0.15) is 0 Å². The molecule has 1 fully saturated rings. The molecule has 3 aromatic rings. The Labute approximate surface area is 189 Å². The summed E-state index contributed by atoms with van der Waals surface area (Å²) in [4.78, 5) is 41.3. The number of carbonyl (C=O) groups excluding carboxylic acids is 3. The van der Waals surface area contributed by atoms with E-state index in [2.05, 4.69) is 5.32 Å². The van der Waals surface area contributed by atoms with Crippen LogP contribution < -0.4 is 10.2 Å². The van der Waals surface area contributed by atoms with Crippen molar-refractivity contribution in [2.75, 3.05) is 11.4 Å². The van der Waals surface area contributed by atoms with Crippen molar-refractivity contribution < 1.29 is 23.2 Å². The van der Waals surface area contributed by atoms with E-state index in [0.29, 0.717) is 5.69 Å². The standard InChI is InChI=1S/C25H21F2N3O3/c1-25(18-12-13-20(26)21(27)14-18)23(32)30(24(33)28-25)16-22(31)29(19-10-6-3-7-11-19)15-17-8-4-2-5-9-17/h2-14H,15-16H2,1H3,(H,28,33). The molecule has 8 heteroatoms. The molecular weight excluding hydrogens is 428 g/mol. The molecule has 0 radical (unpaired) electrons. The molecule has 1 aliphatic rings. The van der Waals surface area contributed by atoms with Crippen LogP contribution in [0, 0.1) is 11.6 Å². The second kappa shape index (κ2) is 8.82. The highest BCUT2D eigenvalue weighted by atomic mass is 19.2. The molecule has 1 atom stereocenters. The zero-order valence-electron chi connectivity index (χ0n) is 17.8. The molecule has 1 N–H and O–H groups in total. The zero-order chi connectivity index (χ0) is 23.6. The number of para-hydroxylation sites is 1. The van der Waals surface area contributed by atoms with Gasteiger partial charge in [0.15, 0.2) is 11.6 Å². The van der Waals surface area contributed by atoms with Gasteiger partial charge in [0, 0.05) is 5.69 Å². The maximum absolute atomic E-state index is 13.8. The van der Waals surface area contributed by atoms with Gasteiger partial charge >= 0.3 is 6.03 Å². The fourth-order valence-corrected chi connectivity index (χ4v) is 3.76. The first-order valence-electron chi connectivity index (χ1n) is 10.3. The Balaban J connectivity index is 1.59. The molecule has 6 nitrogen and oxygen atoms in total. The Morgan fingerprint density at radius 2 is 1.58 bits per heavy atom. The Hall–Kier alpha value is -4.07. The molecule has 0 aliphatic carbocycles. The number of urea groups is 1. The summed E-state index contributed by atoms with van der Waals surface area (Å²) in [6, 6.07) is 20.4. The van der Waals surface area contributed by atoms with Crippen molar-refractivity contribution in [2.24, 2.45) is 0 Å². The summed E-state index contributed by atoms with van der Waals surface area (Å²) in [5, 5.41) is 2.50. The lowest BCUT2D eigenvalue weighted by atomic mass is 9.92. The second-order valence-corrected chi connectivity index (χ2v) is 7.88. The fourth-order valence-electron chi connectivity index (χ4n) is 3.76. The third kappa shape index (κ3) is 4.32. The fraction of sp³-hybridized carbons (Fsp3) is 0.160. The molecule has 1 unspecified atom stereocenters. The third-order valence-corrected chi connectivity index (χ3v) is 5.62. The number of amides is 4. The smallest absolute Gasteiger partial charge is 0.319 e. The lowest BCUT2D eigenvalue weighted by Crippen LogP contribution is -2.44. The first-order chi connectivity index (χ1) is 15.8. The molecule has 4 rings (SSSR count). The number of halogens is 2. The Morgan fingerprint density at radius 3 is 2.21 bits per heavy atom. The summed E-state index contributed by atoms with van der Waals surface area (Å²) in [5.74, 6) is -3.39. The Bertz CT molecular complexity index is 1200. The van der Waals surface area contributed by atoms with Gasteiger partial charge in [0.1, 0.15) is 12.1 Å². The molecule has 1 heterocycles. The number of rotatable bonds is 6. The van der Waals surface area contributed by atoms with E-state index in [9.17, 15) is 23.2 Å². The van der Waals surface area contributed by atoms with Crippen molar-refractivity contribution in [1.82, 2.24) is 10.2 Å². The average molecular weight is 449 g/mol. The normalized spacial score (nSPS) is 17.7. The molecule has 0 aromatic heterocycles. The summed E-state index contributed by atoms with van der Waals surface area (Å²) in [6.45, 7) is 1.13. The zero-order valence-corrected chi connectivity index (χ0v) is 17.8. The monoisotopic (exact) mass is 449 g/mol. The van der Waals surface area contributed by atoms with Crippen molar-refractivity contribution >= 4 is 23.5 Å². The third-order valence-electron chi connectivity index (χ3n) is 5.62. The summed E-state index contributed by atoms with van der Waals surface area (Å²) in [7, 11) is 0. The number of nitrogens with one attached hydrogen (secondary N) is 1. The minimum Gasteiger partial charge on any atom is -0.319 e. The molecule has 1 saturated heterocycles. The van der Waals surface area contributed by atoms with Crippen LogP contribution >= 0.6 is 0 Å². The summed E-state index contributed by atoms with van der Waals surface area (Å²) >= 11 is 0. The molecule has 1 aliphatic heterocycles. The SMILES string of the molecule is CC1(c2ccc(F)c(F)c2)NC(=O)N(CC(=O)N(Cc2ccccc2)c2ccccc2)C1=O. The molecule has 3 aromatic carbocycles. The first kappa shape index (κ1) is 22.1. The van der Waals surface area contributed by atoms with Crippen molar-refractivity contribution in [3.8, 4) is 0 Å². The summed E-state index contributed by atoms with van der Waals surface area (Å²) in [5.41, 5.74) is -0.0534. The van der Waals surface area contributed by atoms with E-state index in [1.807, 2.05) is 36.4 Å². The van der Waals surface area contributed by atoms with Gasteiger partial charge < -0.3 is 10.2 Å². The van der Waals surface area contributed by atoms with Crippen molar-refractivity contribution in [3.63, 3.8) is 0 Å². The van der Waals surface area contributed by atoms with Crippen LogP contribution in [0.25, 0.3) is 0 Å². The minimum atomic E-state index is -1.62. The van der Waals surface area contributed by atoms with Gasteiger partial charge in [-0.15, -0.1) is 0 Å². The molecular formula is C25H21F2N3O3. The summed E-state index contributed by atoms with van der Waals surface area (Å²) in [6.07, 6.45) is 0. The van der Waals surface area contributed by atoms with E-state index in [4.69, 9.17) is 0 Å². The first-order valence-corrected chi connectivity index (χ1v) is 10.3. The quantitative estimate of drug-likeness (QED) is 0.579. The van der Waals surface area contributed by atoms with Crippen molar-refractivity contribution in [2.45, 2.75) is 19.0 Å². The molecule has 0 saturated carbocycles. The van der Waals surface area contributed by atoms with Crippen LogP contribution in [0.4, 0.5) is 19.3 Å². The number of carbonyl (C=O) groups is 3.